The number of carbonyl (C=O) groups is 1. The SMILES string of the molecule is Cc1cccc(OCCC(=O)NCC(O)C2CC2)c1. The molecule has 1 aliphatic carbocycles. The van der Waals surface area contributed by atoms with E-state index in [1.54, 1.807) is 0 Å². The quantitative estimate of drug-likeness (QED) is 0.786. The van der Waals surface area contributed by atoms with Crippen LogP contribution >= 0.6 is 0 Å². The number of carbonyl (C=O) groups excluding carboxylic acids is 1. The van der Waals surface area contributed by atoms with E-state index in [0.29, 0.717) is 25.5 Å². The van der Waals surface area contributed by atoms with Crippen molar-refractivity contribution in [1.29, 1.82) is 0 Å². The Labute approximate surface area is 113 Å². The van der Waals surface area contributed by atoms with Gasteiger partial charge in [0.05, 0.1) is 19.1 Å². The standard InChI is InChI=1S/C15H21NO3/c1-11-3-2-4-13(9-11)19-8-7-15(18)16-10-14(17)12-5-6-12/h2-4,9,12,14,17H,5-8,10H2,1H3,(H,16,18). The van der Waals surface area contributed by atoms with Gasteiger partial charge in [-0.2, -0.15) is 0 Å². The van der Waals surface area contributed by atoms with Crippen molar-refractivity contribution >= 4 is 5.91 Å². The molecule has 1 aliphatic rings. The van der Waals surface area contributed by atoms with Crippen molar-refractivity contribution in [3.63, 3.8) is 0 Å². The van der Waals surface area contributed by atoms with Crippen LogP contribution in [-0.2, 0) is 4.79 Å². The molecule has 1 aromatic rings. The lowest BCUT2D eigenvalue weighted by Gasteiger charge is -2.11. The molecule has 104 valence electrons. The van der Waals surface area contributed by atoms with Crippen LogP contribution in [0.15, 0.2) is 24.3 Å². The summed E-state index contributed by atoms with van der Waals surface area (Å²) in [4.78, 5) is 11.5. The minimum absolute atomic E-state index is 0.0765. The third kappa shape index (κ3) is 4.91. The van der Waals surface area contributed by atoms with Crippen LogP contribution in [0.4, 0.5) is 0 Å². The number of aliphatic hydroxyl groups excluding tert-OH is 1. The van der Waals surface area contributed by atoms with Gasteiger partial charge in [0.25, 0.3) is 0 Å². The summed E-state index contributed by atoms with van der Waals surface area (Å²) in [5.41, 5.74) is 1.13. The Morgan fingerprint density at radius 1 is 1.53 bits per heavy atom. The monoisotopic (exact) mass is 263 g/mol. The normalized spacial score (nSPS) is 15.9. The summed E-state index contributed by atoms with van der Waals surface area (Å²) < 4.78 is 5.50. The number of rotatable bonds is 7. The molecule has 0 saturated heterocycles. The molecule has 0 heterocycles. The summed E-state index contributed by atoms with van der Waals surface area (Å²) >= 11 is 0. The van der Waals surface area contributed by atoms with Crippen molar-refractivity contribution in [2.24, 2.45) is 5.92 Å². The van der Waals surface area contributed by atoms with E-state index in [1.807, 2.05) is 31.2 Å². The minimum atomic E-state index is -0.387. The van der Waals surface area contributed by atoms with Crippen molar-refractivity contribution in [3.8, 4) is 5.75 Å². The van der Waals surface area contributed by atoms with Crippen LogP contribution in [-0.4, -0.2) is 30.3 Å². The Kier molecular flexibility index (Phi) is 4.80. The van der Waals surface area contributed by atoms with E-state index >= 15 is 0 Å². The van der Waals surface area contributed by atoms with Crippen LogP contribution in [0.1, 0.15) is 24.8 Å². The Bertz CT molecular complexity index is 429. The van der Waals surface area contributed by atoms with Crippen molar-refractivity contribution in [1.82, 2.24) is 5.32 Å². The second kappa shape index (κ2) is 6.57. The van der Waals surface area contributed by atoms with Crippen molar-refractivity contribution in [2.45, 2.75) is 32.3 Å². The van der Waals surface area contributed by atoms with E-state index in [-0.39, 0.29) is 12.0 Å². The molecule has 0 bridgehead atoms. The van der Waals surface area contributed by atoms with Gasteiger partial charge < -0.3 is 15.2 Å². The van der Waals surface area contributed by atoms with Crippen LogP contribution in [0.3, 0.4) is 0 Å². The van der Waals surface area contributed by atoms with E-state index in [0.717, 1.165) is 24.2 Å². The molecule has 2 N–H and O–H groups in total. The molecule has 19 heavy (non-hydrogen) atoms. The van der Waals surface area contributed by atoms with Crippen LogP contribution in [0.5, 0.6) is 5.75 Å². The largest absolute Gasteiger partial charge is 0.493 e. The van der Waals surface area contributed by atoms with E-state index in [2.05, 4.69) is 5.32 Å². The highest BCUT2D eigenvalue weighted by molar-refractivity contribution is 5.76. The lowest BCUT2D eigenvalue weighted by molar-refractivity contribution is -0.122. The number of aliphatic hydroxyl groups is 1. The fourth-order valence-electron chi connectivity index (χ4n) is 1.92. The highest BCUT2D eigenvalue weighted by atomic mass is 16.5. The first kappa shape index (κ1) is 13.9. The zero-order chi connectivity index (χ0) is 13.7. The number of nitrogens with one attached hydrogen (secondary N) is 1. The molecule has 1 unspecified atom stereocenters. The van der Waals surface area contributed by atoms with Crippen molar-refractivity contribution < 1.29 is 14.6 Å². The van der Waals surface area contributed by atoms with Gasteiger partial charge in [0.2, 0.25) is 5.91 Å². The van der Waals surface area contributed by atoms with Crippen LogP contribution in [0, 0.1) is 12.8 Å². The summed E-state index contributed by atoms with van der Waals surface area (Å²) in [6.45, 7) is 2.71. The van der Waals surface area contributed by atoms with Crippen molar-refractivity contribution in [3.05, 3.63) is 29.8 Å². The first-order chi connectivity index (χ1) is 9.15. The average Bonchev–Trinajstić information content (AvgIpc) is 3.20. The van der Waals surface area contributed by atoms with Gasteiger partial charge in [0.15, 0.2) is 0 Å². The lowest BCUT2D eigenvalue weighted by Crippen LogP contribution is -2.33. The molecule has 1 saturated carbocycles. The first-order valence-corrected chi connectivity index (χ1v) is 6.79. The fourth-order valence-corrected chi connectivity index (χ4v) is 1.92. The fraction of sp³-hybridized carbons (Fsp3) is 0.533. The van der Waals surface area contributed by atoms with Gasteiger partial charge in [-0.05, 0) is 43.4 Å². The maximum atomic E-state index is 11.5. The summed E-state index contributed by atoms with van der Waals surface area (Å²) in [5.74, 6) is 1.10. The summed E-state index contributed by atoms with van der Waals surface area (Å²) in [6.07, 6.45) is 2.08. The highest BCUT2D eigenvalue weighted by Gasteiger charge is 2.29. The molecule has 1 aromatic carbocycles. The number of aryl methyl sites for hydroxylation is 1. The second-order valence-corrected chi connectivity index (χ2v) is 5.12. The third-order valence-electron chi connectivity index (χ3n) is 3.26. The van der Waals surface area contributed by atoms with Gasteiger partial charge in [-0.1, -0.05) is 12.1 Å². The molecular weight excluding hydrogens is 242 g/mol. The van der Waals surface area contributed by atoms with E-state index in [1.165, 1.54) is 0 Å². The molecule has 0 aromatic heterocycles. The second-order valence-electron chi connectivity index (χ2n) is 5.12. The molecule has 1 amide bonds. The highest BCUT2D eigenvalue weighted by Crippen LogP contribution is 2.32. The molecule has 0 aliphatic heterocycles. The minimum Gasteiger partial charge on any atom is -0.493 e. The van der Waals surface area contributed by atoms with Crippen LogP contribution in [0.25, 0.3) is 0 Å². The predicted molar refractivity (Wildman–Crippen MR) is 73.0 cm³/mol. The molecule has 1 atom stereocenters. The summed E-state index contributed by atoms with van der Waals surface area (Å²) in [6, 6.07) is 7.74. The van der Waals surface area contributed by atoms with E-state index in [4.69, 9.17) is 4.74 Å². The third-order valence-corrected chi connectivity index (χ3v) is 3.26. The van der Waals surface area contributed by atoms with Crippen molar-refractivity contribution in [2.75, 3.05) is 13.2 Å². The Morgan fingerprint density at radius 2 is 2.32 bits per heavy atom. The molecule has 0 radical (unpaired) electrons. The Morgan fingerprint density at radius 3 is 3.00 bits per heavy atom. The smallest absolute Gasteiger partial charge is 0.223 e. The molecular formula is C15H21NO3. The number of amides is 1. The summed E-state index contributed by atoms with van der Waals surface area (Å²) in [7, 11) is 0. The molecule has 2 rings (SSSR count). The van der Waals surface area contributed by atoms with Gasteiger partial charge in [-0.15, -0.1) is 0 Å². The molecule has 1 fully saturated rings. The summed E-state index contributed by atoms with van der Waals surface area (Å²) in [5, 5.41) is 12.4. The number of ether oxygens (including phenoxy) is 1. The maximum absolute atomic E-state index is 11.5. The van der Waals surface area contributed by atoms with E-state index in [9.17, 15) is 9.90 Å². The molecule has 0 spiro atoms. The van der Waals surface area contributed by atoms with Crippen LogP contribution in [0.2, 0.25) is 0 Å². The van der Waals surface area contributed by atoms with Gasteiger partial charge in [0.1, 0.15) is 5.75 Å². The predicted octanol–water partition coefficient (Wildman–Crippen LogP) is 1.65. The van der Waals surface area contributed by atoms with E-state index < -0.39 is 0 Å². The van der Waals surface area contributed by atoms with Gasteiger partial charge in [0, 0.05) is 6.54 Å². The number of benzene rings is 1. The van der Waals surface area contributed by atoms with Gasteiger partial charge in [-0.3, -0.25) is 4.79 Å². The average molecular weight is 263 g/mol. The zero-order valence-electron chi connectivity index (χ0n) is 11.3. The first-order valence-electron chi connectivity index (χ1n) is 6.79. The maximum Gasteiger partial charge on any atom is 0.223 e. The zero-order valence-corrected chi connectivity index (χ0v) is 11.3. The van der Waals surface area contributed by atoms with Gasteiger partial charge >= 0.3 is 0 Å². The lowest BCUT2D eigenvalue weighted by atomic mass is 10.2. The van der Waals surface area contributed by atoms with Gasteiger partial charge in [-0.25, -0.2) is 0 Å². The topological polar surface area (TPSA) is 58.6 Å². The molecule has 4 heteroatoms. The number of hydrogen-bond donors (Lipinski definition) is 2. The Balaban J connectivity index is 1.60. The Hall–Kier alpha value is -1.55. The number of hydrogen-bond acceptors (Lipinski definition) is 3. The molecule has 4 nitrogen and oxygen atoms in total. The van der Waals surface area contributed by atoms with Crippen LogP contribution < -0.4 is 10.1 Å².